The molecule has 0 aromatic carbocycles. The van der Waals surface area contributed by atoms with Crippen LogP contribution in [0, 0.1) is 5.92 Å². The monoisotopic (exact) mass is 224 g/mol. The highest BCUT2D eigenvalue weighted by Gasteiger charge is 2.14. The van der Waals surface area contributed by atoms with Gasteiger partial charge >= 0.3 is 0 Å². The van der Waals surface area contributed by atoms with Crippen LogP contribution in [0.1, 0.15) is 38.5 Å². The van der Waals surface area contributed by atoms with Crippen molar-refractivity contribution < 1.29 is 0 Å². The number of aromatic nitrogens is 1. The predicted molar refractivity (Wildman–Crippen MR) is 66.6 cm³/mol. The lowest BCUT2D eigenvalue weighted by atomic mass is 9.87. The van der Waals surface area contributed by atoms with E-state index in [-0.39, 0.29) is 0 Å². The second-order valence-corrected chi connectivity index (χ2v) is 5.42. The summed E-state index contributed by atoms with van der Waals surface area (Å²) < 4.78 is 0. The smallest absolute Gasteiger partial charge is 0.111 e. The van der Waals surface area contributed by atoms with E-state index in [0.717, 1.165) is 5.92 Å². The molecule has 0 N–H and O–H groups in total. The van der Waals surface area contributed by atoms with Crippen molar-refractivity contribution in [2.75, 3.05) is 18.5 Å². The molecular formula is C12H20N2S. The molecule has 0 bridgehead atoms. The van der Waals surface area contributed by atoms with E-state index in [9.17, 15) is 0 Å². The number of hydrogen-bond donors (Lipinski definition) is 0. The maximum atomic E-state index is 4.11. The molecule has 84 valence electrons. The lowest BCUT2D eigenvalue weighted by Crippen LogP contribution is -2.21. The zero-order valence-corrected chi connectivity index (χ0v) is 10.3. The highest BCUT2D eigenvalue weighted by atomic mass is 32.1. The van der Waals surface area contributed by atoms with E-state index in [0.29, 0.717) is 0 Å². The Morgan fingerprint density at radius 1 is 1.40 bits per heavy atom. The van der Waals surface area contributed by atoms with Crippen molar-refractivity contribution in [1.29, 1.82) is 0 Å². The highest BCUT2D eigenvalue weighted by molar-refractivity contribution is 7.13. The fraction of sp³-hybridized carbons (Fsp3) is 0.750. The highest BCUT2D eigenvalue weighted by Crippen LogP contribution is 2.27. The van der Waals surface area contributed by atoms with E-state index < -0.39 is 0 Å². The van der Waals surface area contributed by atoms with Gasteiger partial charge in [0.25, 0.3) is 0 Å². The summed E-state index contributed by atoms with van der Waals surface area (Å²) in [6.07, 6.45) is 10.6. The number of nitrogens with zero attached hydrogens (tertiary/aromatic N) is 2. The average molecular weight is 224 g/mol. The Morgan fingerprint density at radius 2 is 2.20 bits per heavy atom. The molecule has 0 radical (unpaired) electrons. The van der Waals surface area contributed by atoms with Gasteiger partial charge in [-0.25, -0.2) is 0 Å². The van der Waals surface area contributed by atoms with Gasteiger partial charge < -0.3 is 4.90 Å². The first-order chi connectivity index (χ1) is 7.36. The van der Waals surface area contributed by atoms with Gasteiger partial charge in [0.05, 0.1) is 11.7 Å². The third-order valence-corrected chi connectivity index (χ3v) is 4.28. The second kappa shape index (κ2) is 5.50. The summed E-state index contributed by atoms with van der Waals surface area (Å²) in [5.74, 6) is 0.981. The number of rotatable bonds is 4. The zero-order valence-electron chi connectivity index (χ0n) is 9.48. The first kappa shape index (κ1) is 10.9. The molecule has 1 aromatic heterocycles. The van der Waals surface area contributed by atoms with Gasteiger partial charge in [-0.15, -0.1) is 11.3 Å². The molecule has 15 heavy (non-hydrogen) atoms. The minimum Gasteiger partial charge on any atom is -0.365 e. The Labute approximate surface area is 96.3 Å². The average Bonchev–Trinajstić information content (AvgIpc) is 2.81. The minimum absolute atomic E-state index is 0.981. The van der Waals surface area contributed by atoms with Crippen molar-refractivity contribution in [1.82, 2.24) is 4.98 Å². The standard InChI is InChI=1S/C12H20N2S/c1-14(12-9-13-10-15-12)8-7-11-5-3-2-4-6-11/h9-11H,2-8H2,1H3. The first-order valence-electron chi connectivity index (χ1n) is 5.96. The van der Waals surface area contributed by atoms with Crippen LogP contribution >= 0.6 is 11.3 Å². The van der Waals surface area contributed by atoms with Gasteiger partial charge in [0.2, 0.25) is 0 Å². The molecule has 1 aliphatic carbocycles. The Morgan fingerprint density at radius 3 is 2.87 bits per heavy atom. The molecule has 0 unspecified atom stereocenters. The summed E-state index contributed by atoms with van der Waals surface area (Å²) in [5.41, 5.74) is 1.91. The molecule has 1 saturated carbocycles. The third-order valence-electron chi connectivity index (χ3n) is 3.39. The molecule has 2 rings (SSSR count). The van der Waals surface area contributed by atoms with Crippen molar-refractivity contribution in [3.05, 3.63) is 11.7 Å². The normalized spacial score (nSPS) is 17.9. The Kier molecular flexibility index (Phi) is 4.01. The second-order valence-electron chi connectivity index (χ2n) is 4.55. The van der Waals surface area contributed by atoms with Crippen LogP contribution in [-0.2, 0) is 0 Å². The summed E-state index contributed by atoms with van der Waals surface area (Å²) in [7, 11) is 2.18. The summed E-state index contributed by atoms with van der Waals surface area (Å²) >= 11 is 1.73. The van der Waals surface area contributed by atoms with E-state index in [4.69, 9.17) is 0 Å². The molecule has 1 heterocycles. The summed E-state index contributed by atoms with van der Waals surface area (Å²) in [5, 5.41) is 1.30. The molecule has 1 aromatic rings. The molecule has 2 nitrogen and oxygen atoms in total. The molecule has 0 saturated heterocycles. The van der Waals surface area contributed by atoms with Gasteiger partial charge in [-0.3, -0.25) is 4.98 Å². The summed E-state index contributed by atoms with van der Waals surface area (Å²) in [6, 6.07) is 0. The third kappa shape index (κ3) is 3.20. The van der Waals surface area contributed by atoms with Gasteiger partial charge in [-0.2, -0.15) is 0 Å². The van der Waals surface area contributed by atoms with Crippen LogP contribution < -0.4 is 4.90 Å². The van der Waals surface area contributed by atoms with E-state index in [1.165, 1.54) is 50.1 Å². The van der Waals surface area contributed by atoms with Crippen LogP contribution in [0.15, 0.2) is 11.7 Å². The molecule has 0 amide bonds. The molecular weight excluding hydrogens is 204 g/mol. The number of thiazole rings is 1. The fourth-order valence-corrected chi connectivity index (χ4v) is 2.98. The summed E-state index contributed by atoms with van der Waals surface area (Å²) in [6.45, 7) is 1.19. The Balaban J connectivity index is 1.73. The molecule has 0 aliphatic heterocycles. The van der Waals surface area contributed by atoms with E-state index in [1.807, 2.05) is 11.7 Å². The Hall–Kier alpha value is -0.570. The first-order valence-corrected chi connectivity index (χ1v) is 6.84. The van der Waals surface area contributed by atoms with E-state index in [1.54, 1.807) is 11.3 Å². The summed E-state index contributed by atoms with van der Waals surface area (Å²) in [4.78, 5) is 6.45. The van der Waals surface area contributed by atoms with Gasteiger partial charge in [-0.1, -0.05) is 32.1 Å². The van der Waals surface area contributed by atoms with Crippen molar-refractivity contribution in [2.45, 2.75) is 38.5 Å². The van der Waals surface area contributed by atoms with E-state index >= 15 is 0 Å². The maximum absolute atomic E-state index is 4.11. The largest absolute Gasteiger partial charge is 0.365 e. The fourth-order valence-electron chi connectivity index (χ4n) is 2.36. The SMILES string of the molecule is CN(CCC1CCCCC1)c1cncs1. The molecule has 0 spiro atoms. The quantitative estimate of drug-likeness (QED) is 0.777. The van der Waals surface area contributed by atoms with Crippen molar-refractivity contribution in [3.8, 4) is 0 Å². The zero-order chi connectivity index (χ0) is 10.5. The van der Waals surface area contributed by atoms with Crippen molar-refractivity contribution >= 4 is 16.3 Å². The van der Waals surface area contributed by atoms with Gasteiger partial charge in [0.15, 0.2) is 0 Å². The van der Waals surface area contributed by atoms with Crippen LogP contribution in [0.5, 0.6) is 0 Å². The van der Waals surface area contributed by atoms with Crippen molar-refractivity contribution in [3.63, 3.8) is 0 Å². The topological polar surface area (TPSA) is 16.1 Å². The Bertz CT molecular complexity index is 265. The molecule has 3 heteroatoms. The molecule has 1 aliphatic rings. The minimum atomic E-state index is 0.981. The van der Waals surface area contributed by atoms with Crippen LogP contribution in [0.2, 0.25) is 0 Å². The molecule has 0 atom stereocenters. The number of hydrogen-bond acceptors (Lipinski definition) is 3. The lowest BCUT2D eigenvalue weighted by Gasteiger charge is -2.24. The van der Waals surface area contributed by atoms with Crippen molar-refractivity contribution in [2.24, 2.45) is 5.92 Å². The van der Waals surface area contributed by atoms with Crippen LogP contribution in [0.4, 0.5) is 5.00 Å². The van der Waals surface area contributed by atoms with Crippen LogP contribution in [-0.4, -0.2) is 18.6 Å². The van der Waals surface area contributed by atoms with Crippen LogP contribution in [0.25, 0.3) is 0 Å². The van der Waals surface area contributed by atoms with Gasteiger partial charge in [0, 0.05) is 13.6 Å². The van der Waals surface area contributed by atoms with E-state index in [2.05, 4.69) is 16.9 Å². The number of anilines is 1. The van der Waals surface area contributed by atoms with Gasteiger partial charge in [-0.05, 0) is 12.3 Å². The maximum Gasteiger partial charge on any atom is 0.111 e. The predicted octanol–water partition coefficient (Wildman–Crippen LogP) is 3.55. The van der Waals surface area contributed by atoms with Gasteiger partial charge in [0.1, 0.15) is 5.00 Å². The lowest BCUT2D eigenvalue weighted by molar-refractivity contribution is 0.341. The van der Waals surface area contributed by atoms with Crippen LogP contribution in [0.3, 0.4) is 0 Å². The molecule has 1 fully saturated rings.